The highest BCUT2D eigenvalue weighted by Crippen LogP contribution is 2.42. The van der Waals surface area contributed by atoms with Crippen molar-refractivity contribution in [1.29, 1.82) is 0 Å². The molecule has 1 heterocycles. The molecule has 0 aliphatic heterocycles. The van der Waals surface area contributed by atoms with E-state index in [1.807, 2.05) is 13.8 Å². The molecule has 0 aliphatic carbocycles. The summed E-state index contributed by atoms with van der Waals surface area (Å²) in [5.74, 6) is 0.711. The molecule has 0 spiro atoms. The molecule has 5 heteroatoms. The zero-order chi connectivity index (χ0) is 15.1. The van der Waals surface area contributed by atoms with Crippen LogP contribution < -0.4 is 9.47 Å². The number of H-pyrrole nitrogens is 1. The Bertz CT molecular complexity index is 614. The number of hydrogen-bond acceptors (Lipinski definition) is 4. The van der Waals surface area contributed by atoms with Crippen LogP contribution >= 0.6 is 0 Å². The van der Waals surface area contributed by atoms with E-state index < -0.39 is 0 Å². The van der Waals surface area contributed by atoms with E-state index in [9.17, 15) is 9.90 Å². The van der Waals surface area contributed by atoms with Crippen molar-refractivity contribution < 1.29 is 19.4 Å². The molecule has 0 atom stereocenters. The van der Waals surface area contributed by atoms with Crippen molar-refractivity contribution in [1.82, 2.24) is 4.98 Å². The zero-order valence-electron chi connectivity index (χ0n) is 12.1. The van der Waals surface area contributed by atoms with Gasteiger partial charge in [-0.05, 0) is 24.3 Å². The molecule has 0 radical (unpaired) electrons. The van der Waals surface area contributed by atoms with Crippen molar-refractivity contribution in [2.75, 3.05) is 14.2 Å². The first-order chi connectivity index (χ1) is 9.71. The minimum atomic E-state index is 0.00627. The number of carbonyl (C=O) groups is 1. The summed E-state index contributed by atoms with van der Waals surface area (Å²) in [6.45, 7) is 4.00. The van der Waals surface area contributed by atoms with E-state index in [1.165, 1.54) is 20.3 Å². The van der Waals surface area contributed by atoms with Crippen LogP contribution in [0.2, 0.25) is 0 Å². The third-order valence-corrected chi connectivity index (χ3v) is 2.59. The van der Waals surface area contributed by atoms with Crippen molar-refractivity contribution in [3.05, 3.63) is 23.9 Å². The maximum absolute atomic E-state index is 10.3. The molecular weight excluding hydrogens is 258 g/mol. The highest BCUT2D eigenvalue weighted by Gasteiger charge is 2.16. The van der Waals surface area contributed by atoms with Gasteiger partial charge in [0.15, 0.2) is 11.5 Å². The van der Waals surface area contributed by atoms with Crippen molar-refractivity contribution in [3.63, 3.8) is 0 Å². The SMILES string of the molecule is CC.COc1c(O)cc2cc(/C=C/C=O)[nH]c2c1OC. The van der Waals surface area contributed by atoms with Crippen LogP contribution in [0.1, 0.15) is 19.5 Å². The summed E-state index contributed by atoms with van der Waals surface area (Å²) in [7, 11) is 2.96. The molecule has 0 aliphatic rings. The number of nitrogens with one attached hydrogen (secondary N) is 1. The first-order valence-corrected chi connectivity index (χ1v) is 6.29. The molecule has 0 saturated heterocycles. The zero-order valence-corrected chi connectivity index (χ0v) is 12.1. The Labute approximate surface area is 117 Å². The lowest BCUT2D eigenvalue weighted by molar-refractivity contribution is -0.104. The first kappa shape index (κ1) is 15.6. The van der Waals surface area contributed by atoms with E-state index in [2.05, 4.69) is 4.98 Å². The van der Waals surface area contributed by atoms with E-state index in [-0.39, 0.29) is 11.5 Å². The molecule has 0 bridgehead atoms. The number of phenols is 1. The van der Waals surface area contributed by atoms with Gasteiger partial charge in [0.1, 0.15) is 6.29 Å². The normalized spacial score (nSPS) is 10.2. The maximum Gasteiger partial charge on any atom is 0.205 e. The highest BCUT2D eigenvalue weighted by molar-refractivity contribution is 5.92. The summed E-state index contributed by atoms with van der Waals surface area (Å²) in [5, 5.41) is 10.6. The molecule has 2 aromatic rings. The Morgan fingerprint density at radius 3 is 2.35 bits per heavy atom. The third-order valence-electron chi connectivity index (χ3n) is 2.59. The predicted molar refractivity (Wildman–Crippen MR) is 79.5 cm³/mol. The van der Waals surface area contributed by atoms with Crippen LogP contribution in [0.3, 0.4) is 0 Å². The van der Waals surface area contributed by atoms with Gasteiger partial charge in [0, 0.05) is 11.1 Å². The standard InChI is InChI=1S/C13H13NO4.C2H6/c1-17-12-10(16)7-8-6-9(4-3-5-15)14-11(8)13(12)18-2;1-2/h3-7,14,16H,1-2H3;1-2H3/b4-3+;. The number of carbonyl (C=O) groups excluding carboxylic acids is 1. The molecule has 0 saturated carbocycles. The molecule has 5 nitrogen and oxygen atoms in total. The number of aldehydes is 1. The fraction of sp³-hybridized carbons (Fsp3) is 0.267. The fourth-order valence-electron chi connectivity index (χ4n) is 1.86. The van der Waals surface area contributed by atoms with Gasteiger partial charge in [-0.1, -0.05) is 13.8 Å². The smallest absolute Gasteiger partial charge is 0.205 e. The second-order valence-electron chi connectivity index (χ2n) is 3.65. The molecule has 1 aromatic heterocycles. The Morgan fingerprint density at radius 1 is 1.15 bits per heavy atom. The number of aromatic hydroxyl groups is 1. The number of fused-ring (bicyclic) bond motifs is 1. The number of methoxy groups -OCH3 is 2. The van der Waals surface area contributed by atoms with E-state index in [1.54, 1.807) is 18.2 Å². The lowest BCUT2D eigenvalue weighted by Crippen LogP contribution is -1.92. The largest absolute Gasteiger partial charge is 0.504 e. The third kappa shape index (κ3) is 2.93. The summed E-state index contributed by atoms with van der Waals surface area (Å²) in [5.41, 5.74) is 1.45. The summed E-state index contributed by atoms with van der Waals surface area (Å²) in [6, 6.07) is 3.38. The maximum atomic E-state index is 10.3. The van der Waals surface area contributed by atoms with Crippen molar-refractivity contribution in [3.8, 4) is 17.2 Å². The molecule has 2 N–H and O–H groups in total. The van der Waals surface area contributed by atoms with Crippen LogP contribution in [0, 0.1) is 0 Å². The number of aromatic amines is 1. The van der Waals surface area contributed by atoms with Crippen molar-refractivity contribution >= 4 is 23.3 Å². The van der Waals surface area contributed by atoms with Gasteiger partial charge in [-0.2, -0.15) is 0 Å². The molecule has 0 amide bonds. The summed E-state index contributed by atoms with van der Waals surface area (Å²) < 4.78 is 10.3. The summed E-state index contributed by atoms with van der Waals surface area (Å²) in [6.07, 6.45) is 3.71. The Morgan fingerprint density at radius 2 is 1.80 bits per heavy atom. The fourth-order valence-corrected chi connectivity index (χ4v) is 1.86. The quantitative estimate of drug-likeness (QED) is 0.665. The van der Waals surface area contributed by atoms with Gasteiger partial charge < -0.3 is 19.6 Å². The topological polar surface area (TPSA) is 71.5 Å². The molecule has 108 valence electrons. The number of allylic oxidation sites excluding steroid dienone is 1. The molecule has 0 unspecified atom stereocenters. The van der Waals surface area contributed by atoms with Gasteiger partial charge in [-0.15, -0.1) is 0 Å². The Kier molecular flexibility index (Phi) is 5.65. The number of rotatable bonds is 4. The number of aromatic nitrogens is 1. The summed E-state index contributed by atoms with van der Waals surface area (Å²) >= 11 is 0. The number of ether oxygens (including phenoxy) is 2. The molecular formula is C15H19NO4. The van der Waals surface area contributed by atoms with Crippen LogP contribution in [-0.4, -0.2) is 30.6 Å². The van der Waals surface area contributed by atoms with Gasteiger partial charge in [-0.3, -0.25) is 4.79 Å². The second-order valence-corrected chi connectivity index (χ2v) is 3.65. The average molecular weight is 277 g/mol. The van der Waals surface area contributed by atoms with Gasteiger partial charge in [-0.25, -0.2) is 0 Å². The molecule has 0 fully saturated rings. The molecule has 2 rings (SSSR count). The molecule has 1 aromatic carbocycles. The van der Waals surface area contributed by atoms with E-state index in [0.717, 1.165) is 11.1 Å². The number of benzene rings is 1. The Hall–Kier alpha value is -2.43. The van der Waals surface area contributed by atoms with Gasteiger partial charge in [0.2, 0.25) is 5.75 Å². The minimum absolute atomic E-state index is 0.00627. The van der Waals surface area contributed by atoms with Crippen LogP contribution in [-0.2, 0) is 4.79 Å². The van der Waals surface area contributed by atoms with Crippen LogP contribution in [0.5, 0.6) is 17.2 Å². The monoisotopic (exact) mass is 277 g/mol. The van der Waals surface area contributed by atoms with Crippen molar-refractivity contribution in [2.24, 2.45) is 0 Å². The van der Waals surface area contributed by atoms with Gasteiger partial charge in [0.25, 0.3) is 0 Å². The first-order valence-electron chi connectivity index (χ1n) is 6.29. The lowest BCUT2D eigenvalue weighted by atomic mass is 10.2. The van der Waals surface area contributed by atoms with E-state index >= 15 is 0 Å². The van der Waals surface area contributed by atoms with E-state index in [4.69, 9.17) is 9.47 Å². The van der Waals surface area contributed by atoms with Gasteiger partial charge in [0.05, 0.1) is 19.7 Å². The van der Waals surface area contributed by atoms with Gasteiger partial charge >= 0.3 is 0 Å². The summed E-state index contributed by atoms with van der Waals surface area (Å²) in [4.78, 5) is 13.4. The number of phenolic OH excluding ortho intramolecular Hbond substituents is 1. The second kappa shape index (κ2) is 7.23. The van der Waals surface area contributed by atoms with Crippen molar-refractivity contribution in [2.45, 2.75) is 13.8 Å². The predicted octanol–water partition coefficient (Wildman–Crippen LogP) is 3.13. The molecule has 20 heavy (non-hydrogen) atoms. The number of hydrogen-bond donors (Lipinski definition) is 2. The highest BCUT2D eigenvalue weighted by atomic mass is 16.5. The lowest BCUT2D eigenvalue weighted by Gasteiger charge is -2.09. The van der Waals surface area contributed by atoms with Crippen LogP contribution in [0.25, 0.3) is 17.0 Å². The van der Waals surface area contributed by atoms with Crippen LogP contribution in [0.15, 0.2) is 18.2 Å². The Balaban J connectivity index is 0.000000956. The minimum Gasteiger partial charge on any atom is -0.504 e. The van der Waals surface area contributed by atoms with E-state index in [0.29, 0.717) is 17.6 Å². The van der Waals surface area contributed by atoms with Crippen LogP contribution in [0.4, 0.5) is 0 Å². The average Bonchev–Trinajstić information content (AvgIpc) is 2.87.